The number of carbonyl (C=O) groups is 4. The third-order valence-electron chi connectivity index (χ3n) is 6.24. The highest BCUT2D eigenvalue weighted by atomic mass is 16.5. The minimum atomic E-state index is -0.714. The van der Waals surface area contributed by atoms with Crippen LogP contribution in [-0.2, 0) is 16.1 Å². The van der Waals surface area contributed by atoms with Crippen LogP contribution in [0.2, 0.25) is 0 Å². The van der Waals surface area contributed by atoms with Crippen LogP contribution in [0.4, 0.5) is 5.95 Å². The Balaban J connectivity index is 1.31. The van der Waals surface area contributed by atoms with Gasteiger partial charge in [-0.2, -0.15) is 9.97 Å². The molecule has 2 aliphatic heterocycles. The standard InChI is InChI=1S/C23H23N5O6/c1-33-18-10-19(34-14-3-2-4-14)26-23(25-18)27-20(30)12-5-6-15-13(9-12)11-28(22(15)32)16-7-8-17(29)24-21(16)31/h5-6,9-10,14,16H,2-4,7-8,11H2,1H3,(H,24,29,31)(H,25,26,27,30). The minimum absolute atomic E-state index is 0.0421. The summed E-state index contributed by atoms with van der Waals surface area (Å²) in [5.41, 5.74) is 1.36. The van der Waals surface area contributed by atoms with E-state index in [-0.39, 0.29) is 49.1 Å². The second-order valence-corrected chi connectivity index (χ2v) is 8.47. The van der Waals surface area contributed by atoms with Crippen LogP contribution < -0.4 is 20.1 Å². The van der Waals surface area contributed by atoms with Gasteiger partial charge in [-0.1, -0.05) is 0 Å². The van der Waals surface area contributed by atoms with Crippen molar-refractivity contribution in [3.8, 4) is 11.8 Å². The summed E-state index contributed by atoms with van der Waals surface area (Å²) >= 11 is 0. The average Bonchev–Trinajstić information content (AvgIpc) is 3.11. The predicted octanol–water partition coefficient (Wildman–Crippen LogP) is 1.43. The Morgan fingerprint density at radius 3 is 2.62 bits per heavy atom. The fourth-order valence-corrected chi connectivity index (χ4v) is 4.17. The number of methoxy groups -OCH3 is 1. The molecule has 1 unspecified atom stereocenters. The topological polar surface area (TPSA) is 140 Å². The summed E-state index contributed by atoms with van der Waals surface area (Å²) in [6.07, 6.45) is 3.57. The first kappa shape index (κ1) is 21.8. The van der Waals surface area contributed by atoms with Crippen LogP contribution in [-0.4, -0.2) is 57.8 Å². The van der Waals surface area contributed by atoms with Gasteiger partial charge in [-0.15, -0.1) is 0 Å². The molecule has 1 aliphatic carbocycles. The maximum absolute atomic E-state index is 12.9. The highest BCUT2D eigenvalue weighted by molar-refractivity contribution is 6.07. The largest absolute Gasteiger partial charge is 0.481 e. The third-order valence-corrected chi connectivity index (χ3v) is 6.24. The number of rotatable bonds is 6. The summed E-state index contributed by atoms with van der Waals surface area (Å²) in [6.45, 7) is 0.177. The van der Waals surface area contributed by atoms with E-state index in [0.717, 1.165) is 19.3 Å². The normalized spacial score (nSPS) is 19.9. The van der Waals surface area contributed by atoms with Gasteiger partial charge in [0.25, 0.3) is 11.8 Å². The Hall–Kier alpha value is -4.02. The molecule has 0 radical (unpaired) electrons. The summed E-state index contributed by atoms with van der Waals surface area (Å²) < 4.78 is 11.0. The van der Waals surface area contributed by atoms with Crippen LogP contribution in [0.25, 0.3) is 0 Å². The zero-order chi connectivity index (χ0) is 23.8. The Morgan fingerprint density at radius 2 is 1.91 bits per heavy atom. The van der Waals surface area contributed by atoms with Gasteiger partial charge in [0.2, 0.25) is 29.5 Å². The molecule has 1 atom stereocenters. The smallest absolute Gasteiger partial charge is 0.258 e. The molecule has 2 fully saturated rings. The Morgan fingerprint density at radius 1 is 1.12 bits per heavy atom. The van der Waals surface area contributed by atoms with E-state index in [1.54, 1.807) is 18.2 Å². The van der Waals surface area contributed by atoms with Crippen molar-refractivity contribution in [3.63, 3.8) is 0 Å². The molecule has 4 amide bonds. The number of hydrogen-bond donors (Lipinski definition) is 2. The number of imide groups is 1. The van der Waals surface area contributed by atoms with Gasteiger partial charge in [0.1, 0.15) is 12.1 Å². The maximum atomic E-state index is 12.9. The molecule has 34 heavy (non-hydrogen) atoms. The molecule has 2 N–H and O–H groups in total. The van der Waals surface area contributed by atoms with Crippen LogP contribution in [0.15, 0.2) is 24.3 Å². The first-order chi connectivity index (χ1) is 16.4. The van der Waals surface area contributed by atoms with Crippen molar-refractivity contribution in [1.82, 2.24) is 20.2 Å². The molecule has 3 heterocycles. The van der Waals surface area contributed by atoms with Gasteiger partial charge >= 0.3 is 0 Å². The van der Waals surface area contributed by atoms with Gasteiger partial charge < -0.3 is 14.4 Å². The lowest BCUT2D eigenvalue weighted by Crippen LogP contribution is -2.52. The highest BCUT2D eigenvalue weighted by Gasteiger charge is 2.39. The number of piperidine rings is 1. The van der Waals surface area contributed by atoms with E-state index < -0.39 is 17.9 Å². The van der Waals surface area contributed by atoms with Crippen LogP contribution in [0, 0.1) is 0 Å². The number of ether oxygens (including phenoxy) is 2. The van der Waals surface area contributed by atoms with Crippen molar-refractivity contribution in [2.45, 2.75) is 50.8 Å². The minimum Gasteiger partial charge on any atom is -0.481 e. The summed E-state index contributed by atoms with van der Waals surface area (Å²) in [6, 6.07) is 5.56. The van der Waals surface area contributed by atoms with E-state index >= 15 is 0 Å². The number of nitrogens with one attached hydrogen (secondary N) is 2. The Kier molecular flexibility index (Phi) is 5.60. The lowest BCUT2D eigenvalue weighted by molar-refractivity contribution is -0.136. The monoisotopic (exact) mass is 465 g/mol. The zero-order valence-electron chi connectivity index (χ0n) is 18.5. The molecule has 1 aromatic carbocycles. The zero-order valence-corrected chi connectivity index (χ0v) is 18.5. The summed E-state index contributed by atoms with van der Waals surface area (Å²) in [4.78, 5) is 59.2. The van der Waals surface area contributed by atoms with Crippen LogP contribution in [0.1, 0.15) is 58.4 Å². The second kappa shape index (κ2) is 8.73. The molecule has 2 aromatic rings. The van der Waals surface area contributed by atoms with Crippen molar-refractivity contribution in [2.24, 2.45) is 0 Å². The molecule has 176 valence electrons. The van der Waals surface area contributed by atoms with Crippen molar-refractivity contribution in [1.29, 1.82) is 0 Å². The number of nitrogens with zero attached hydrogens (tertiary/aromatic N) is 3. The number of anilines is 1. The number of aromatic nitrogens is 2. The molecular weight excluding hydrogens is 442 g/mol. The number of fused-ring (bicyclic) bond motifs is 1. The molecule has 0 bridgehead atoms. The molecule has 1 saturated carbocycles. The first-order valence-electron chi connectivity index (χ1n) is 11.1. The molecule has 11 nitrogen and oxygen atoms in total. The van der Waals surface area contributed by atoms with E-state index in [4.69, 9.17) is 9.47 Å². The van der Waals surface area contributed by atoms with Gasteiger partial charge in [-0.3, -0.25) is 29.8 Å². The van der Waals surface area contributed by atoms with Crippen molar-refractivity contribution in [2.75, 3.05) is 12.4 Å². The first-order valence-corrected chi connectivity index (χ1v) is 11.1. The second-order valence-electron chi connectivity index (χ2n) is 8.47. The van der Waals surface area contributed by atoms with E-state index in [2.05, 4.69) is 20.6 Å². The number of benzene rings is 1. The lowest BCUT2D eigenvalue weighted by atomic mass is 9.96. The fraction of sp³-hybridized carbons (Fsp3) is 0.391. The van der Waals surface area contributed by atoms with Gasteiger partial charge in [0, 0.05) is 24.1 Å². The fourth-order valence-electron chi connectivity index (χ4n) is 4.17. The van der Waals surface area contributed by atoms with Gasteiger partial charge in [-0.05, 0) is 49.4 Å². The number of hydrogen-bond acceptors (Lipinski definition) is 8. The Labute approximate surface area is 194 Å². The lowest BCUT2D eigenvalue weighted by Gasteiger charge is -2.29. The molecule has 1 saturated heterocycles. The maximum Gasteiger partial charge on any atom is 0.258 e. The third kappa shape index (κ3) is 4.16. The summed E-state index contributed by atoms with van der Waals surface area (Å²) in [7, 11) is 1.47. The Bertz CT molecular complexity index is 1190. The van der Waals surface area contributed by atoms with Gasteiger partial charge in [-0.25, -0.2) is 0 Å². The number of amides is 4. The van der Waals surface area contributed by atoms with Crippen LogP contribution in [0.3, 0.4) is 0 Å². The van der Waals surface area contributed by atoms with E-state index in [0.29, 0.717) is 22.6 Å². The van der Waals surface area contributed by atoms with Gasteiger partial charge in [0.05, 0.1) is 13.2 Å². The molecule has 3 aliphatic rings. The molecule has 5 rings (SSSR count). The summed E-state index contributed by atoms with van der Waals surface area (Å²) in [5, 5.41) is 4.92. The molecule has 1 aromatic heterocycles. The van der Waals surface area contributed by atoms with Crippen LogP contribution >= 0.6 is 0 Å². The van der Waals surface area contributed by atoms with Crippen molar-refractivity contribution < 1.29 is 28.7 Å². The van der Waals surface area contributed by atoms with Crippen LogP contribution in [0.5, 0.6) is 11.8 Å². The molecule has 11 heteroatoms. The van der Waals surface area contributed by atoms with Crippen molar-refractivity contribution in [3.05, 3.63) is 41.0 Å². The molecular formula is C23H23N5O6. The average molecular weight is 465 g/mol. The summed E-state index contributed by atoms with van der Waals surface area (Å²) in [5.74, 6) is -0.954. The van der Waals surface area contributed by atoms with E-state index in [1.807, 2.05) is 0 Å². The molecule has 0 spiro atoms. The SMILES string of the molecule is COc1cc(OC2CCC2)nc(NC(=O)c2ccc3c(c2)CN(C2CCC(=O)NC2=O)C3=O)n1. The predicted molar refractivity (Wildman–Crippen MR) is 117 cm³/mol. The number of carbonyl (C=O) groups excluding carboxylic acids is 4. The van der Waals surface area contributed by atoms with E-state index in [1.165, 1.54) is 18.1 Å². The van der Waals surface area contributed by atoms with Crippen molar-refractivity contribution >= 4 is 29.6 Å². The quantitative estimate of drug-likeness (QED) is 0.611. The highest BCUT2D eigenvalue weighted by Crippen LogP contribution is 2.29. The van der Waals surface area contributed by atoms with Gasteiger partial charge in [0.15, 0.2) is 0 Å². The van der Waals surface area contributed by atoms with E-state index in [9.17, 15) is 19.2 Å².